The Balaban J connectivity index is 1.38. The molecule has 30 heavy (non-hydrogen) atoms. The number of carbonyl (C=O) groups is 3. The van der Waals surface area contributed by atoms with Gasteiger partial charge in [0.1, 0.15) is 0 Å². The van der Waals surface area contributed by atoms with Crippen LogP contribution in [0.1, 0.15) is 6.42 Å². The van der Waals surface area contributed by atoms with Gasteiger partial charge in [-0.1, -0.05) is 48.5 Å². The largest absolute Gasteiger partial charge is 0.347 e. The number of para-hydroxylation sites is 1. The lowest BCUT2D eigenvalue weighted by molar-refractivity contribution is -0.127. The first-order valence-corrected chi connectivity index (χ1v) is 10.4. The van der Waals surface area contributed by atoms with Crippen LogP contribution in [0.4, 0.5) is 11.4 Å². The van der Waals surface area contributed by atoms with Crippen LogP contribution >= 0.6 is 15.9 Å². The summed E-state index contributed by atoms with van der Waals surface area (Å²) in [6.45, 7) is 0.143. The lowest BCUT2D eigenvalue weighted by atomic mass is 10.1. The van der Waals surface area contributed by atoms with E-state index in [2.05, 4.69) is 26.6 Å². The molecule has 152 valence electrons. The second-order valence-corrected chi connectivity index (χ2v) is 8.00. The molecule has 3 aromatic carbocycles. The van der Waals surface area contributed by atoms with E-state index in [0.29, 0.717) is 12.2 Å². The van der Waals surface area contributed by atoms with E-state index in [4.69, 9.17) is 0 Å². The minimum atomic E-state index is -0.493. The number of nitrogens with zero attached hydrogens (tertiary/aromatic N) is 1. The van der Waals surface area contributed by atoms with Gasteiger partial charge in [0.15, 0.2) is 0 Å². The summed E-state index contributed by atoms with van der Waals surface area (Å²) in [6.07, 6.45) is 0.126. The van der Waals surface area contributed by atoms with Gasteiger partial charge >= 0.3 is 0 Å². The average Bonchev–Trinajstić information content (AvgIpc) is 3.15. The third-order valence-corrected chi connectivity index (χ3v) is 5.82. The highest BCUT2D eigenvalue weighted by atomic mass is 79.9. The first-order chi connectivity index (χ1) is 14.5. The number of hydrogen-bond donors (Lipinski definition) is 2. The van der Waals surface area contributed by atoms with Gasteiger partial charge in [-0.25, -0.2) is 0 Å². The van der Waals surface area contributed by atoms with Gasteiger partial charge in [-0.3, -0.25) is 14.4 Å². The molecule has 1 atom stereocenters. The second kappa shape index (κ2) is 8.67. The molecule has 1 heterocycles. The molecule has 1 saturated heterocycles. The Bertz CT molecular complexity index is 1130. The van der Waals surface area contributed by atoms with Gasteiger partial charge in [0.05, 0.1) is 23.8 Å². The lowest BCUT2D eigenvalue weighted by Crippen LogP contribution is -2.38. The summed E-state index contributed by atoms with van der Waals surface area (Å²) in [5.74, 6) is -1.21. The topological polar surface area (TPSA) is 78.5 Å². The van der Waals surface area contributed by atoms with Gasteiger partial charge in [-0.2, -0.15) is 0 Å². The smallest absolute Gasteiger partial charge is 0.243 e. The lowest BCUT2D eigenvalue weighted by Gasteiger charge is -2.19. The average molecular weight is 466 g/mol. The van der Waals surface area contributed by atoms with Gasteiger partial charge in [0.2, 0.25) is 17.7 Å². The molecule has 0 aliphatic carbocycles. The van der Waals surface area contributed by atoms with Gasteiger partial charge in [0, 0.05) is 22.8 Å². The summed E-state index contributed by atoms with van der Waals surface area (Å²) >= 11 is 3.37. The highest BCUT2D eigenvalue weighted by molar-refractivity contribution is 9.10. The zero-order chi connectivity index (χ0) is 21.1. The molecule has 3 aromatic rings. The van der Waals surface area contributed by atoms with E-state index in [-0.39, 0.29) is 30.7 Å². The van der Waals surface area contributed by atoms with E-state index in [1.165, 1.54) is 0 Å². The first-order valence-electron chi connectivity index (χ1n) is 9.63. The van der Waals surface area contributed by atoms with E-state index in [1.807, 2.05) is 60.7 Å². The molecule has 7 heteroatoms. The van der Waals surface area contributed by atoms with Crippen molar-refractivity contribution in [3.63, 3.8) is 0 Å². The molecule has 2 N–H and O–H groups in total. The van der Waals surface area contributed by atoms with Gasteiger partial charge in [0.25, 0.3) is 0 Å². The van der Waals surface area contributed by atoms with Crippen molar-refractivity contribution in [2.24, 2.45) is 5.92 Å². The molecule has 4 rings (SSSR count). The molecule has 3 amide bonds. The van der Waals surface area contributed by atoms with Gasteiger partial charge in [-0.15, -0.1) is 0 Å². The number of hydrogen-bond acceptors (Lipinski definition) is 3. The van der Waals surface area contributed by atoms with Crippen LogP contribution in [-0.2, 0) is 14.4 Å². The summed E-state index contributed by atoms with van der Waals surface area (Å²) in [7, 11) is 0. The van der Waals surface area contributed by atoms with E-state index >= 15 is 0 Å². The maximum absolute atomic E-state index is 12.6. The molecular weight excluding hydrogens is 446 g/mol. The maximum atomic E-state index is 12.6. The number of carbonyl (C=O) groups excluding carboxylic acids is 3. The molecule has 1 fully saturated rings. The molecule has 0 bridgehead atoms. The Hall–Kier alpha value is -3.19. The van der Waals surface area contributed by atoms with E-state index in [9.17, 15) is 14.4 Å². The van der Waals surface area contributed by atoms with E-state index in [0.717, 1.165) is 20.9 Å². The Morgan fingerprint density at radius 1 is 1.00 bits per heavy atom. The first kappa shape index (κ1) is 20.1. The summed E-state index contributed by atoms with van der Waals surface area (Å²) < 4.78 is 0.761. The maximum Gasteiger partial charge on any atom is 0.243 e. The Labute approximate surface area is 182 Å². The molecule has 0 saturated carbocycles. The normalized spacial score (nSPS) is 16.0. The second-order valence-electron chi connectivity index (χ2n) is 7.15. The summed E-state index contributed by atoms with van der Waals surface area (Å²) in [6, 6.07) is 20.9. The highest BCUT2D eigenvalue weighted by Gasteiger charge is 2.35. The molecule has 0 radical (unpaired) electrons. The number of amides is 3. The van der Waals surface area contributed by atoms with Crippen LogP contribution in [-0.4, -0.2) is 30.8 Å². The van der Waals surface area contributed by atoms with Crippen LogP contribution in [0, 0.1) is 5.92 Å². The fraction of sp³-hybridized carbons (Fsp3) is 0.174. The van der Waals surface area contributed by atoms with Crippen LogP contribution in [0.5, 0.6) is 0 Å². The molecule has 0 unspecified atom stereocenters. The Morgan fingerprint density at radius 3 is 2.57 bits per heavy atom. The number of anilines is 2. The van der Waals surface area contributed by atoms with Crippen LogP contribution in [0.3, 0.4) is 0 Å². The minimum absolute atomic E-state index is 0.0934. The molecule has 1 aliphatic rings. The van der Waals surface area contributed by atoms with Crippen molar-refractivity contribution in [3.8, 4) is 0 Å². The third kappa shape index (κ3) is 4.21. The number of fused-ring (bicyclic) bond motifs is 1. The molecule has 0 aromatic heterocycles. The highest BCUT2D eigenvalue weighted by Crippen LogP contribution is 2.31. The Kier molecular flexibility index (Phi) is 5.81. The predicted molar refractivity (Wildman–Crippen MR) is 120 cm³/mol. The van der Waals surface area contributed by atoms with Crippen LogP contribution in [0.15, 0.2) is 71.2 Å². The summed E-state index contributed by atoms with van der Waals surface area (Å²) in [4.78, 5) is 39.0. The van der Waals surface area contributed by atoms with Crippen molar-refractivity contribution < 1.29 is 14.4 Å². The van der Waals surface area contributed by atoms with Crippen molar-refractivity contribution in [2.75, 3.05) is 23.3 Å². The van der Waals surface area contributed by atoms with E-state index < -0.39 is 5.92 Å². The quantitative estimate of drug-likeness (QED) is 0.602. The zero-order valence-corrected chi connectivity index (χ0v) is 17.7. The van der Waals surface area contributed by atoms with Crippen molar-refractivity contribution in [1.82, 2.24) is 5.32 Å². The minimum Gasteiger partial charge on any atom is -0.347 e. The van der Waals surface area contributed by atoms with Crippen molar-refractivity contribution in [3.05, 3.63) is 71.2 Å². The van der Waals surface area contributed by atoms with Crippen molar-refractivity contribution >= 4 is 55.8 Å². The van der Waals surface area contributed by atoms with Gasteiger partial charge < -0.3 is 15.5 Å². The van der Waals surface area contributed by atoms with Crippen LogP contribution in [0.2, 0.25) is 0 Å². The monoisotopic (exact) mass is 465 g/mol. The fourth-order valence-corrected chi connectivity index (χ4v) is 4.01. The molecular formula is C23H20BrN3O3. The third-order valence-electron chi connectivity index (χ3n) is 5.12. The molecule has 0 spiro atoms. The SMILES string of the molecule is O=C(CNC(=O)[C@@H]1CC(=O)N(c2cccc3ccccc23)C1)Nc1ccccc1Br. The summed E-state index contributed by atoms with van der Waals surface area (Å²) in [5.41, 5.74) is 1.44. The zero-order valence-electron chi connectivity index (χ0n) is 16.1. The van der Waals surface area contributed by atoms with Crippen LogP contribution < -0.4 is 15.5 Å². The van der Waals surface area contributed by atoms with E-state index in [1.54, 1.807) is 11.0 Å². The van der Waals surface area contributed by atoms with Crippen molar-refractivity contribution in [1.29, 1.82) is 0 Å². The number of nitrogens with one attached hydrogen (secondary N) is 2. The Morgan fingerprint density at radius 2 is 1.73 bits per heavy atom. The van der Waals surface area contributed by atoms with Crippen molar-refractivity contribution in [2.45, 2.75) is 6.42 Å². The van der Waals surface area contributed by atoms with Gasteiger partial charge in [-0.05, 0) is 39.5 Å². The standard InChI is InChI=1S/C23H20BrN3O3/c24-18-9-3-4-10-19(18)26-21(28)13-25-23(30)16-12-22(29)27(14-16)20-11-5-7-15-6-1-2-8-17(15)20/h1-11,16H,12-14H2,(H,25,30)(H,26,28)/t16-/m1/s1. The summed E-state index contributed by atoms with van der Waals surface area (Å²) in [5, 5.41) is 7.41. The number of halogens is 1. The predicted octanol–water partition coefficient (Wildman–Crippen LogP) is 3.71. The molecule has 1 aliphatic heterocycles. The molecule has 6 nitrogen and oxygen atoms in total. The number of benzene rings is 3. The van der Waals surface area contributed by atoms with Crippen LogP contribution in [0.25, 0.3) is 10.8 Å². The number of rotatable bonds is 5. The fourth-order valence-electron chi connectivity index (χ4n) is 3.63.